The van der Waals surface area contributed by atoms with Crippen molar-refractivity contribution in [1.29, 1.82) is 5.26 Å². The molecule has 4 heteroatoms. The molecule has 0 aromatic carbocycles. The molecule has 1 heterocycles. The number of rotatable bonds is 5. The molecule has 82 valence electrons. The molecule has 0 saturated carbocycles. The number of nitrogens with zero attached hydrogens (tertiary/aromatic N) is 2. The topological polar surface area (TPSA) is 48.7 Å². The molecule has 0 spiro atoms. The lowest BCUT2D eigenvalue weighted by Crippen LogP contribution is -2.24. The summed E-state index contributed by atoms with van der Waals surface area (Å²) in [6, 6.07) is 2.40. The van der Waals surface area contributed by atoms with Crippen LogP contribution in [0.25, 0.3) is 0 Å². The van der Waals surface area contributed by atoms with Gasteiger partial charge in [0.15, 0.2) is 0 Å². The average Bonchev–Trinajstić information content (AvgIpc) is 2.63. The van der Waals surface area contributed by atoms with Gasteiger partial charge in [-0.1, -0.05) is 13.8 Å². The Hall–Kier alpha value is -0.920. The van der Waals surface area contributed by atoms with Crippen molar-refractivity contribution in [3.05, 3.63) is 16.1 Å². The van der Waals surface area contributed by atoms with Gasteiger partial charge in [0.25, 0.3) is 0 Å². The van der Waals surface area contributed by atoms with Crippen LogP contribution in [-0.4, -0.2) is 11.0 Å². The Kier molecular flexibility index (Phi) is 4.73. The van der Waals surface area contributed by atoms with Crippen LogP contribution in [0.2, 0.25) is 0 Å². The lowest BCUT2D eigenvalue weighted by atomic mass is 10.2. The fourth-order valence-electron chi connectivity index (χ4n) is 1.16. The average molecular weight is 223 g/mol. The van der Waals surface area contributed by atoms with Crippen LogP contribution in [-0.2, 0) is 6.54 Å². The second kappa shape index (κ2) is 5.84. The van der Waals surface area contributed by atoms with E-state index in [4.69, 9.17) is 5.26 Å². The largest absolute Gasteiger partial charge is 0.308 e. The minimum atomic E-state index is 0.250. The van der Waals surface area contributed by atoms with Crippen LogP contribution >= 0.6 is 11.3 Å². The Morgan fingerprint density at radius 3 is 2.80 bits per heavy atom. The number of nitriles is 1. The van der Waals surface area contributed by atoms with Gasteiger partial charge in [0, 0.05) is 29.6 Å². The molecular weight excluding hydrogens is 206 g/mol. The maximum Gasteiger partial charge on any atom is 0.0953 e. The Bertz CT molecular complexity index is 338. The highest BCUT2D eigenvalue weighted by atomic mass is 32.1. The highest BCUT2D eigenvalue weighted by Gasteiger charge is 2.06. The van der Waals surface area contributed by atoms with Crippen LogP contribution < -0.4 is 5.32 Å². The minimum Gasteiger partial charge on any atom is -0.308 e. The predicted octanol–water partition coefficient (Wildman–Crippen LogP) is 2.66. The third-order valence-corrected chi connectivity index (χ3v) is 3.39. The van der Waals surface area contributed by atoms with Gasteiger partial charge in [0.2, 0.25) is 0 Å². The first-order chi connectivity index (χ1) is 7.13. The second-order valence-electron chi connectivity index (χ2n) is 3.96. The molecule has 1 unspecified atom stereocenters. The van der Waals surface area contributed by atoms with E-state index >= 15 is 0 Å². The summed E-state index contributed by atoms with van der Waals surface area (Å²) in [6.45, 7) is 7.13. The van der Waals surface area contributed by atoms with Crippen molar-refractivity contribution in [2.45, 2.75) is 45.7 Å². The second-order valence-corrected chi connectivity index (χ2v) is 5.11. The summed E-state index contributed by atoms with van der Waals surface area (Å²) >= 11 is 1.74. The molecular formula is C11H17N3S. The minimum absolute atomic E-state index is 0.250. The first-order valence-electron chi connectivity index (χ1n) is 5.18. The molecule has 1 N–H and O–H groups in total. The van der Waals surface area contributed by atoms with E-state index in [1.807, 2.05) is 13.1 Å². The molecule has 3 nitrogen and oxygen atoms in total. The summed E-state index contributed by atoms with van der Waals surface area (Å²) in [5.41, 5.74) is 0. The third kappa shape index (κ3) is 3.98. The van der Waals surface area contributed by atoms with Crippen molar-refractivity contribution in [2.24, 2.45) is 0 Å². The molecule has 1 rings (SSSR count). The number of nitrogens with one attached hydrogen (secondary N) is 1. The van der Waals surface area contributed by atoms with Crippen LogP contribution in [0.1, 0.15) is 43.0 Å². The number of aromatic nitrogens is 1. The van der Waals surface area contributed by atoms with Gasteiger partial charge < -0.3 is 5.32 Å². The summed E-state index contributed by atoms with van der Waals surface area (Å²) in [6.07, 6.45) is 2.47. The first-order valence-corrected chi connectivity index (χ1v) is 6.00. The van der Waals surface area contributed by atoms with Gasteiger partial charge in [-0.05, 0) is 6.92 Å². The number of thiazole rings is 1. The molecule has 1 atom stereocenters. The zero-order chi connectivity index (χ0) is 11.3. The zero-order valence-electron chi connectivity index (χ0n) is 9.45. The van der Waals surface area contributed by atoms with E-state index in [9.17, 15) is 0 Å². The van der Waals surface area contributed by atoms with E-state index < -0.39 is 0 Å². The third-order valence-electron chi connectivity index (χ3n) is 2.09. The summed E-state index contributed by atoms with van der Waals surface area (Å²) in [4.78, 5) is 5.59. The van der Waals surface area contributed by atoms with E-state index in [2.05, 4.69) is 30.2 Å². The van der Waals surface area contributed by atoms with Crippen LogP contribution in [0.4, 0.5) is 0 Å². The van der Waals surface area contributed by atoms with Crippen molar-refractivity contribution in [3.63, 3.8) is 0 Å². The predicted molar refractivity (Wildman–Crippen MR) is 62.7 cm³/mol. The van der Waals surface area contributed by atoms with Gasteiger partial charge in [-0.25, -0.2) is 4.98 Å². The van der Waals surface area contributed by atoms with Crippen LogP contribution in [0.3, 0.4) is 0 Å². The Morgan fingerprint density at radius 1 is 1.53 bits per heavy atom. The maximum atomic E-state index is 8.51. The molecule has 1 aromatic heterocycles. The van der Waals surface area contributed by atoms with Crippen molar-refractivity contribution in [3.8, 4) is 6.07 Å². The molecule has 0 bridgehead atoms. The van der Waals surface area contributed by atoms with Crippen LogP contribution in [0.15, 0.2) is 6.20 Å². The quantitative estimate of drug-likeness (QED) is 0.835. The SMILES string of the molecule is CC(CC#N)NCc1cnc(C(C)C)s1. The van der Waals surface area contributed by atoms with Gasteiger partial charge >= 0.3 is 0 Å². The zero-order valence-corrected chi connectivity index (χ0v) is 10.3. The molecule has 0 radical (unpaired) electrons. The number of hydrogen-bond acceptors (Lipinski definition) is 4. The standard InChI is InChI=1S/C11H17N3S/c1-8(2)11-14-7-10(15-11)6-13-9(3)4-5-12/h7-9,13H,4,6H2,1-3H3. The Balaban J connectivity index is 2.41. The molecule has 1 aromatic rings. The Labute approximate surface area is 95.2 Å². The smallest absolute Gasteiger partial charge is 0.0953 e. The van der Waals surface area contributed by atoms with E-state index in [1.54, 1.807) is 11.3 Å². The van der Waals surface area contributed by atoms with Gasteiger partial charge in [-0.2, -0.15) is 5.26 Å². The first kappa shape index (κ1) is 12.2. The highest BCUT2D eigenvalue weighted by molar-refractivity contribution is 7.11. The van der Waals surface area contributed by atoms with Crippen LogP contribution in [0, 0.1) is 11.3 Å². The molecule has 0 aliphatic carbocycles. The van der Waals surface area contributed by atoms with Gasteiger partial charge in [0.05, 0.1) is 17.5 Å². The normalized spacial score (nSPS) is 12.7. The Morgan fingerprint density at radius 2 is 2.27 bits per heavy atom. The molecule has 0 amide bonds. The molecule has 0 aliphatic heterocycles. The fourth-order valence-corrected chi connectivity index (χ4v) is 2.03. The lowest BCUT2D eigenvalue weighted by Gasteiger charge is -2.07. The van der Waals surface area contributed by atoms with Gasteiger partial charge in [-0.3, -0.25) is 0 Å². The van der Waals surface area contributed by atoms with Crippen molar-refractivity contribution in [1.82, 2.24) is 10.3 Å². The van der Waals surface area contributed by atoms with Crippen LogP contribution in [0.5, 0.6) is 0 Å². The van der Waals surface area contributed by atoms with Gasteiger partial charge in [0.1, 0.15) is 0 Å². The summed E-state index contributed by atoms with van der Waals surface area (Å²) < 4.78 is 0. The monoisotopic (exact) mass is 223 g/mol. The maximum absolute atomic E-state index is 8.51. The van der Waals surface area contributed by atoms with E-state index in [1.165, 1.54) is 9.88 Å². The van der Waals surface area contributed by atoms with Crippen molar-refractivity contribution < 1.29 is 0 Å². The molecule has 15 heavy (non-hydrogen) atoms. The fraction of sp³-hybridized carbons (Fsp3) is 0.636. The molecule has 0 fully saturated rings. The van der Waals surface area contributed by atoms with E-state index in [-0.39, 0.29) is 6.04 Å². The molecule has 0 aliphatic rings. The van der Waals surface area contributed by atoms with E-state index in [0.29, 0.717) is 12.3 Å². The highest BCUT2D eigenvalue weighted by Crippen LogP contribution is 2.20. The summed E-state index contributed by atoms with van der Waals surface area (Å²) in [7, 11) is 0. The van der Waals surface area contributed by atoms with Crippen molar-refractivity contribution >= 4 is 11.3 Å². The lowest BCUT2D eigenvalue weighted by molar-refractivity contribution is 0.560. The summed E-state index contributed by atoms with van der Waals surface area (Å²) in [5, 5.41) is 13.0. The van der Waals surface area contributed by atoms with E-state index in [0.717, 1.165) is 6.54 Å². The van der Waals surface area contributed by atoms with Gasteiger partial charge in [-0.15, -0.1) is 11.3 Å². The molecule has 0 saturated heterocycles. The van der Waals surface area contributed by atoms with Crippen molar-refractivity contribution in [2.75, 3.05) is 0 Å². The number of hydrogen-bond donors (Lipinski definition) is 1. The summed E-state index contributed by atoms with van der Waals surface area (Å²) in [5.74, 6) is 0.500.